The molecule has 1 rings (SSSR count). The first-order valence-electron chi connectivity index (χ1n) is 5.17. The zero-order valence-electron chi connectivity index (χ0n) is 10.0. The van der Waals surface area contributed by atoms with E-state index < -0.39 is 0 Å². The van der Waals surface area contributed by atoms with Crippen LogP contribution < -0.4 is 14.8 Å². The molecule has 0 unspecified atom stereocenters. The lowest BCUT2D eigenvalue weighted by Gasteiger charge is -2.00. The molecule has 1 N–H and O–H groups in total. The lowest BCUT2D eigenvalue weighted by Crippen LogP contribution is -2.09. The summed E-state index contributed by atoms with van der Waals surface area (Å²) >= 11 is 0. The SMILES string of the molecule is CCNCC.COc1ccc(OC)cc1. The van der Waals surface area contributed by atoms with Gasteiger partial charge in [-0.1, -0.05) is 13.8 Å². The largest absolute Gasteiger partial charge is 0.497 e. The van der Waals surface area contributed by atoms with Crippen molar-refractivity contribution in [3.8, 4) is 11.5 Å². The van der Waals surface area contributed by atoms with Gasteiger partial charge in [0, 0.05) is 0 Å². The van der Waals surface area contributed by atoms with Crippen molar-refractivity contribution in [1.82, 2.24) is 5.32 Å². The molecule has 0 fully saturated rings. The molecule has 0 saturated carbocycles. The highest BCUT2D eigenvalue weighted by Gasteiger charge is 1.89. The van der Waals surface area contributed by atoms with Crippen molar-refractivity contribution in [3.63, 3.8) is 0 Å². The van der Waals surface area contributed by atoms with Crippen LogP contribution in [0.4, 0.5) is 0 Å². The molecule has 1 aromatic carbocycles. The van der Waals surface area contributed by atoms with Gasteiger partial charge < -0.3 is 14.8 Å². The van der Waals surface area contributed by atoms with Crippen molar-refractivity contribution in [2.45, 2.75) is 13.8 Å². The predicted octanol–water partition coefficient (Wildman–Crippen LogP) is 2.32. The van der Waals surface area contributed by atoms with Crippen LogP contribution in [0.25, 0.3) is 0 Å². The summed E-state index contributed by atoms with van der Waals surface area (Å²) in [4.78, 5) is 0. The first-order valence-corrected chi connectivity index (χ1v) is 5.17. The van der Waals surface area contributed by atoms with E-state index in [0.717, 1.165) is 24.6 Å². The predicted molar refractivity (Wildman–Crippen MR) is 63.8 cm³/mol. The third-order valence-electron chi connectivity index (χ3n) is 1.80. The fourth-order valence-corrected chi connectivity index (χ4v) is 0.962. The standard InChI is InChI=1S/C8H10O2.C4H11N/c1-9-7-3-5-8(10-2)6-4-7;1-3-5-4-2/h3-6H,1-2H3;5H,3-4H2,1-2H3. The van der Waals surface area contributed by atoms with E-state index in [1.54, 1.807) is 14.2 Å². The van der Waals surface area contributed by atoms with Crippen LogP contribution >= 0.6 is 0 Å². The van der Waals surface area contributed by atoms with Gasteiger partial charge in [-0.2, -0.15) is 0 Å². The van der Waals surface area contributed by atoms with Gasteiger partial charge in [-0.15, -0.1) is 0 Å². The molecule has 0 atom stereocenters. The molecular weight excluding hydrogens is 190 g/mol. The fraction of sp³-hybridized carbons (Fsp3) is 0.500. The van der Waals surface area contributed by atoms with Crippen molar-refractivity contribution in [2.24, 2.45) is 0 Å². The summed E-state index contributed by atoms with van der Waals surface area (Å²) in [5, 5.41) is 3.11. The van der Waals surface area contributed by atoms with E-state index in [-0.39, 0.29) is 0 Å². The van der Waals surface area contributed by atoms with Crippen LogP contribution in [0.3, 0.4) is 0 Å². The molecule has 0 aromatic heterocycles. The highest BCUT2D eigenvalue weighted by atomic mass is 16.5. The average Bonchev–Trinajstić information content (AvgIpc) is 2.31. The van der Waals surface area contributed by atoms with Gasteiger partial charge >= 0.3 is 0 Å². The number of hydrogen-bond acceptors (Lipinski definition) is 3. The van der Waals surface area contributed by atoms with Gasteiger partial charge in [0.25, 0.3) is 0 Å². The molecule has 0 heterocycles. The van der Waals surface area contributed by atoms with Crippen molar-refractivity contribution in [1.29, 1.82) is 0 Å². The van der Waals surface area contributed by atoms with Crippen LogP contribution in [0.15, 0.2) is 24.3 Å². The smallest absolute Gasteiger partial charge is 0.119 e. The third kappa shape index (κ3) is 6.80. The Morgan fingerprint density at radius 1 is 0.867 bits per heavy atom. The fourth-order valence-electron chi connectivity index (χ4n) is 0.962. The van der Waals surface area contributed by atoms with Crippen LogP contribution in [-0.4, -0.2) is 27.3 Å². The van der Waals surface area contributed by atoms with Gasteiger partial charge in [-0.25, -0.2) is 0 Å². The molecule has 0 bridgehead atoms. The quantitative estimate of drug-likeness (QED) is 0.829. The Morgan fingerprint density at radius 3 is 1.33 bits per heavy atom. The Labute approximate surface area is 92.4 Å². The van der Waals surface area contributed by atoms with Crippen LogP contribution in [0.5, 0.6) is 11.5 Å². The monoisotopic (exact) mass is 211 g/mol. The maximum atomic E-state index is 4.96. The maximum Gasteiger partial charge on any atom is 0.119 e. The minimum absolute atomic E-state index is 0.848. The minimum Gasteiger partial charge on any atom is -0.497 e. The molecule has 1 aromatic rings. The van der Waals surface area contributed by atoms with Crippen molar-refractivity contribution in [2.75, 3.05) is 27.3 Å². The number of ether oxygens (including phenoxy) is 2. The van der Waals surface area contributed by atoms with E-state index >= 15 is 0 Å². The molecule has 15 heavy (non-hydrogen) atoms. The molecule has 0 saturated heterocycles. The second-order valence-corrected chi connectivity index (χ2v) is 2.84. The van der Waals surface area contributed by atoms with E-state index in [0.29, 0.717) is 0 Å². The first kappa shape index (κ1) is 13.8. The second-order valence-electron chi connectivity index (χ2n) is 2.84. The van der Waals surface area contributed by atoms with Crippen molar-refractivity contribution >= 4 is 0 Å². The Bertz CT molecular complexity index is 209. The van der Waals surface area contributed by atoms with Gasteiger partial charge in [0.1, 0.15) is 11.5 Å². The van der Waals surface area contributed by atoms with E-state index in [4.69, 9.17) is 9.47 Å². The van der Waals surface area contributed by atoms with Crippen molar-refractivity contribution in [3.05, 3.63) is 24.3 Å². The van der Waals surface area contributed by atoms with E-state index in [9.17, 15) is 0 Å². The zero-order valence-corrected chi connectivity index (χ0v) is 10.0. The minimum atomic E-state index is 0.848. The summed E-state index contributed by atoms with van der Waals surface area (Å²) in [5.41, 5.74) is 0. The summed E-state index contributed by atoms with van der Waals surface area (Å²) in [5.74, 6) is 1.70. The number of benzene rings is 1. The summed E-state index contributed by atoms with van der Waals surface area (Å²) in [6.45, 7) is 6.39. The number of hydrogen-bond donors (Lipinski definition) is 1. The molecule has 3 nitrogen and oxygen atoms in total. The first-order chi connectivity index (χ1) is 7.28. The summed E-state index contributed by atoms with van der Waals surface area (Å²) < 4.78 is 9.92. The lowest BCUT2D eigenvalue weighted by molar-refractivity contribution is 0.403. The maximum absolute atomic E-state index is 4.96. The zero-order chi connectivity index (χ0) is 11.5. The Balaban J connectivity index is 0.000000336. The summed E-state index contributed by atoms with van der Waals surface area (Å²) in [6.07, 6.45) is 0. The number of nitrogens with one attached hydrogen (secondary N) is 1. The molecule has 0 spiro atoms. The van der Waals surface area contributed by atoms with Gasteiger partial charge in [-0.3, -0.25) is 0 Å². The van der Waals surface area contributed by atoms with E-state index in [1.165, 1.54) is 0 Å². The molecule has 0 amide bonds. The van der Waals surface area contributed by atoms with Crippen LogP contribution in [0.2, 0.25) is 0 Å². The lowest BCUT2D eigenvalue weighted by atomic mass is 10.3. The van der Waals surface area contributed by atoms with Gasteiger partial charge in [0.15, 0.2) is 0 Å². The van der Waals surface area contributed by atoms with E-state index in [2.05, 4.69) is 19.2 Å². The Hall–Kier alpha value is -1.22. The molecule has 86 valence electrons. The van der Waals surface area contributed by atoms with Crippen LogP contribution in [0, 0.1) is 0 Å². The topological polar surface area (TPSA) is 30.5 Å². The number of rotatable bonds is 4. The van der Waals surface area contributed by atoms with Crippen molar-refractivity contribution < 1.29 is 9.47 Å². The highest BCUT2D eigenvalue weighted by Crippen LogP contribution is 2.15. The van der Waals surface area contributed by atoms with Gasteiger partial charge in [-0.05, 0) is 37.4 Å². The number of methoxy groups -OCH3 is 2. The molecule has 0 aliphatic rings. The normalized spacial score (nSPS) is 8.80. The highest BCUT2D eigenvalue weighted by molar-refractivity contribution is 5.30. The van der Waals surface area contributed by atoms with E-state index in [1.807, 2.05) is 24.3 Å². The molecule has 0 aliphatic carbocycles. The second kappa shape index (κ2) is 9.34. The molecule has 0 aliphatic heterocycles. The van der Waals surface area contributed by atoms with Gasteiger partial charge in [0.05, 0.1) is 14.2 Å². The Morgan fingerprint density at radius 2 is 1.20 bits per heavy atom. The molecule has 0 radical (unpaired) electrons. The van der Waals surface area contributed by atoms with Gasteiger partial charge in [0.2, 0.25) is 0 Å². The molecular formula is C12H21NO2. The molecule has 3 heteroatoms. The summed E-state index contributed by atoms with van der Waals surface area (Å²) in [6, 6.07) is 7.44. The summed E-state index contributed by atoms with van der Waals surface area (Å²) in [7, 11) is 3.28. The van der Waals surface area contributed by atoms with Crippen LogP contribution in [-0.2, 0) is 0 Å². The Kier molecular flexibility index (Phi) is 8.58. The third-order valence-corrected chi connectivity index (χ3v) is 1.80. The average molecular weight is 211 g/mol. The van der Waals surface area contributed by atoms with Crippen LogP contribution in [0.1, 0.15) is 13.8 Å².